The van der Waals surface area contributed by atoms with E-state index in [9.17, 15) is 19.5 Å². The van der Waals surface area contributed by atoms with Crippen LogP contribution in [0.15, 0.2) is 97.2 Å². The highest BCUT2D eigenvalue weighted by Gasteiger charge is 2.21. The maximum Gasteiger partial charge on any atom is 0.306 e. The van der Waals surface area contributed by atoms with Crippen molar-refractivity contribution in [3.63, 3.8) is 0 Å². The second-order valence-electron chi connectivity index (χ2n) is 18.4. The third-order valence-electron chi connectivity index (χ3n) is 10.8. The van der Waals surface area contributed by atoms with E-state index in [-0.39, 0.29) is 38.6 Å². The van der Waals surface area contributed by atoms with Crippen LogP contribution in [-0.4, -0.2) is 82.3 Å². The van der Waals surface area contributed by atoms with Crippen molar-refractivity contribution in [3.05, 3.63) is 97.2 Å². The van der Waals surface area contributed by atoms with Gasteiger partial charge in [0.15, 0.2) is 12.4 Å². The second-order valence-corrected chi connectivity index (χ2v) is 18.4. The molecule has 0 saturated heterocycles. The van der Waals surface area contributed by atoms with Crippen LogP contribution in [0.25, 0.3) is 0 Å². The Morgan fingerprint density at radius 3 is 1.27 bits per heavy atom. The lowest BCUT2D eigenvalue weighted by molar-refractivity contribution is -0.870. The molecule has 0 rings (SSSR count). The summed E-state index contributed by atoms with van der Waals surface area (Å²) in [5.41, 5.74) is 0. The van der Waals surface area contributed by atoms with Gasteiger partial charge in [-0.3, -0.25) is 9.59 Å². The molecular weight excluding hydrogens is 839 g/mol. The fraction of sp³-hybridized carbons (Fsp3) is 0.672. The number of ether oxygens (including phenoxy) is 4. The van der Waals surface area contributed by atoms with Gasteiger partial charge in [0.05, 0.1) is 40.3 Å². The number of aliphatic carboxylic acids is 1. The molecule has 2 atom stereocenters. The van der Waals surface area contributed by atoms with Crippen molar-refractivity contribution >= 4 is 17.9 Å². The minimum Gasteiger partial charge on any atom is -0.545 e. The number of carboxylic acid groups (broad SMARTS) is 1. The summed E-state index contributed by atoms with van der Waals surface area (Å²) in [5.74, 6) is -2.33. The van der Waals surface area contributed by atoms with Gasteiger partial charge in [0.1, 0.15) is 13.2 Å². The van der Waals surface area contributed by atoms with Crippen LogP contribution in [0.3, 0.4) is 0 Å². The molecule has 0 N–H and O–H groups in total. The molecule has 0 spiro atoms. The fourth-order valence-electron chi connectivity index (χ4n) is 6.74. The SMILES string of the molecule is CC/C=C\C/C=C\C/C=C\C/C=C\C/C=C\C/C=C\CCCCCCC(=O)OC(COC(=O)CCCCCCCCCCC/C=C\C/C=C\CCCCC)COC(OCC[N+](C)(C)C)C(=O)[O-]. The van der Waals surface area contributed by atoms with Crippen LogP contribution in [0.5, 0.6) is 0 Å². The van der Waals surface area contributed by atoms with Crippen LogP contribution in [0.2, 0.25) is 0 Å². The molecular formula is C58H97NO8. The number of carbonyl (C=O) groups excluding carboxylic acids is 3. The van der Waals surface area contributed by atoms with Crippen molar-refractivity contribution in [1.29, 1.82) is 0 Å². The van der Waals surface area contributed by atoms with Crippen molar-refractivity contribution in [2.75, 3.05) is 47.5 Å². The van der Waals surface area contributed by atoms with E-state index in [4.69, 9.17) is 18.9 Å². The number of quaternary nitrogens is 1. The van der Waals surface area contributed by atoms with E-state index in [1.807, 2.05) is 21.1 Å². The number of carboxylic acids is 1. The Balaban J connectivity index is 4.42. The number of hydrogen-bond donors (Lipinski definition) is 0. The van der Waals surface area contributed by atoms with Gasteiger partial charge in [0, 0.05) is 12.8 Å². The predicted octanol–water partition coefficient (Wildman–Crippen LogP) is 13.7. The fourth-order valence-corrected chi connectivity index (χ4v) is 6.74. The minimum atomic E-state index is -1.64. The summed E-state index contributed by atoms with van der Waals surface area (Å²) in [6.07, 6.45) is 61.5. The van der Waals surface area contributed by atoms with Gasteiger partial charge in [0.2, 0.25) is 0 Å². The van der Waals surface area contributed by atoms with Crippen LogP contribution >= 0.6 is 0 Å². The van der Waals surface area contributed by atoms with Crippen LogP contribution < -0.4 is 5.11 Å². The second kappa shape index (κ2) is 48.7. The van der Waals surface area contributed by atoms with Gasteiger partial charge in [-0.25, -0.2) is 0 Å². The maximum absolute atomic E-state index is 12.8. The summed E-state index contributed by atoms with van der Waals surface area (Å²) in [6.45, 7) is 4.56. The van der Waals surface area contributed by atoms with Gasteiger partial charge < -0.3 is 33.3 Å². The summed E-state index contributed by atoms with van der Waals surface area (Å²) < 4.78 is 22.6. The number of nitrogens with zero attached hydrogens (tertiary/aromatic N) is 1. The highest BCUT2D eigenvalue weighted by atomic mass is 16.7. The summed E-state index contributed by atoms with van der Waals surface area (Å²) in [5, 5.41) is 11.7. The van der Waals surface area contributed by atoms with Crippen LogP contribution in [-0.2, 0) is 33.3 Å². The van der Waals surface area contributed by atoms with Gasteiger partial charge in [0.25, 0.3) is 0 Å². The van der Waals surface area contributed by atoms with E-state index in [2.05, 4.69) is 111 Å². The Bertz CT molecular complexity index is 1420. The lowest BCUT2D eigenvalue weighted by Crippen LogP contribution is -2.44. The zero-order chi connectivity index (χ0) is 49.2. The summed E-state index contributed by atoms with van der Waals surface area (Å²) >= 11 is 0. The van der Waals surface area contributed by atoms with E-state index in [1.54, 1.807) is 0 Å². The van der Waals surface area contributed by atoms with Gasteiger partial charge in [-0.05, 0) is 96.3 Å². The summed E-state index contributed by atoms with van der Waals surface area (Å²) in [6, 6.07) is 0. The molecule has 0 bridgehead atoms. The molecule has 0 saturated carbocycles. The molecule has 0 aromatic heterocycles. The lowest BCUT2D eigenvalue weighted by Gasteiger charge is -2.26. The molecule has 0 radical (unpaired) electrons. The average Bonchev–Trinajstić information content (AvgIpc) is 3.29. The first-order valence-corrected chi connectivity index (χ1v) is 26.4. The molecule has 0 aliphatic heterocycles. The number of unbranched alkanes of at least 4 members (excludes halogenated alkanes) is 16. The number of hydrogen-bond acceptors (Lipinski definition) is 8. The molecule has 67 heavy (non-hydrogen) atoms. The van der Waals surface area contributed by atoms with E-state index < -0.39 is 24.3 Å². The standard InChI is InChI=1S/C58H97NO8/c1-6-8-10-12-14-16-18-20-22-24-26-27-28-29-31-33-35-37-39-41-43-45-47-49-56(61)67-54(53-66-58(57(62)63)64-51-50-59(3,4)5)52-65-55(60)48-46-44-42-40-38-36-34-32-30-25-23-21-19-17-15-13-11-9-7-2/h8,10,14-17,20-23,26-27,29,31,35,37,54,58H,6-7,9,11-13,18-19,24-25,28,30,32-34,36,38-53H2,1-5H3/b10-8-,16-14-,17-15-,22-20-,23-21-,27-26-,31-29-,37-35-. The molecule has 382 valence electrons. The first-order chi connectivity index (χ1) is 32.6. The minimum absolute atomic E-state index is 0.136. The Morgan fingerprint density at radius 2 is 0.851 bits per heavy atom. The molecule has 9 nitrogen and oxygen atoms in total. The molecule has 0 aromatic rings. The van der Waals surface area contributed by atoms with Crippen molar-refractivity contribution in [1.82, 2.24) is 0 Å². The third-order valence-corrected chi connectivity index (χ3v) is 10.8. The maximum atomic E-state index is 12.8. The molecule has 0 aromatic carbocycles. The summed E-state index contributed by atoms with van der Waals surface area (Å²) in [7, 11) is 5.90. The van der Waals surface area contributed by atoms with Crippen molar-refractivity contribution in [2.45, 2.75) is 206 Å². The van der Waals surface area contributed by atoms with E-state index in [0.29, 0.717) is 17.4 Å². The van der Waals surface area contributed by atoms with Gasteiger partial charge in [-0.15, -0.1) is 0 Å². The van der Waals surface area contributed by atoms with Gasteiger partial charge in [-0.1, -0.05) is 182 Å². The first kappa shape index (κ1) is 63.2. The molecule has 0 amide bonds. The van der Waals surface area contributed by atoms with E-state index in [0.717, 1.165) is 103 Å². The third kappa shape index (κ3) is 49.9. The number of esters is 2. The van der Waals surface area contributed by atoms with E-state index in [1.165, 1.54) is 57.8 Å². The monoisotopic (exact) mass is 936 g/mol. The molecule has 0 aliphatic carbocycles. The number of likely N-dealkylation sites (N-methyl/N-ethyl adjacent to an activating group) is 1. The van der Waals surface area contributed by atoms with Crippen molar-refractivity contribution in [3.8, 4) is 0 Å². The van der Waals surface area contributed by atoms with Crippen LogP contribution in [0.1, 0.15) is 194 Å². The highest BCUT2D eigenvalue weighted by Crippen LogP contribution is 2.14. The predicted molar refractivity (Wildman–Crippen MR) is 278 cm³/mol. The quantitative estimate of drug-likeness (QED) is 0.0195. The molecule has 9 heteroatoms. The van der Waals surface area contributed by atoms with Gasteiger partial charge >= 0.3 is 11.9 Å². The molecule has 2 unspecified atom stereocenters. The number of carbonyl (C=O) groups is 3. The average molecular weight is 936 g/mol. The van der Waals surface area contributed by atoms with Crippen LogP contribution in [0.4, 0.5) is 0 Å². The molecule has 0 aliphatic rings. The van der Waals surface area contributed by atoms with Crippen LogP contribution in [0, 0.1) is 0 Å². The number of rotatable bonds is 47. The Kier molecular flexibility index (Phi) is 45.9. The first-order valence-electron chi connectivity index (χ1n) is 26.4. The highest BCUT2D eigenvalue weighted by molar-refractivity contribution is 5.70. The van der Waals surface area contributed by atoms with E-state index >= 15 is 0 Å². The summed E-state index contributed by atoms with van der Waals surface area (Å²) in [4.78, 5) is 37.2. The smallest absolute Gasteiger partial charge is 0.306 e. The zero-order valence-electron chi connectivity index (χ0n) is 43.2. The Hall–Kier alpha value is -3.79. The Labute approximate surface area is 410 Å². The lowest BCUT2D eigenvalue weighted by atomic mass is 10.1. The molecule has 0 heterocycles. The largest absolute Gasteiger partial charge is 0.545 e. The topological polar surface area (TPSA) is 111 Å². The molecule has 0 fully saturated rings. The zero-order valence-corrected chi connectivity index (χ0v) is 43.2. The van der Waals surface area contributed by atoms with Crippen molar-refractivity contribution < 1.29 is 42.9 Å². The normalized spacial score (nSPS) is 13.6. The Morgan fingerprint density at radius 1 is 0.463 bits per heavy atom. The van der Waals surface area contributed by atoms with Crippen molar-refractivity contribution in [2.24, 2.45) is 0 Å². The van der Waals surface area contributed by atoms with Gasteiger partial charge in [-0.2, -0.15) is 0 Å². The number of allylic oxidation sites excluding steroid dienone is 16.